The van der Waals surface area contributed by atoms with E-state index in [0.717, 1.165) is 0 Å². The second-order valence-electron chi connectivity index (χ2n) is 9.25. The van der Waals surface area contributed by atoms with Crippen molar-refractivity contribution in [2.24, 2.45) is 5.92 Å². The van der Waals surface area contributed by atoms with Gasteiger partial charge in [0, 0.05) is 30.3 Å². The van der Waals surface area contributed by atoms with Crippen LogP contribution in [0, 0.1) is 19.8 Å². The van der Waals surface area contributed by atoms with E-state index >= 15 is 0 Å². The summed E-state index contributed by atoms with van der Waals surface area (Å²) in [5, 5.41) is 19.1. The molecule has 0 spiro atoms. The summed E-state index contributed by atoms with van der Waals surface area (Å²) in [6, 6.07) is 4.54. The van der Waals surface area contributed by atoms with Crippen molar-refractivity contribution in [3.63, 3.8) is 0 Å². The van der Waals surface area contributed by atoms with Crippen LogP contribution in [0.3, 0.4) is 0 Å². The third-order valence-electron chi connectivity index (χ3n) is 5.99. The number of likely N-dealkylation sites (N-methyl/N-ethyl adjacent to an activating group) is 1. The van der Waals surface area contributed by atoms with Crippen LogP contribution in [0.5, 0.6) is 5.75 Å². The van der Waals surface area contributed by atoms with E-state index in [-0.39, 0.29) is 37.0 Å². The van der Waals surface area contributed by atoms with Gasteiger partial charge in [0.2, 0.25) is 5.91 Å². The number of aromatic nitrogens is 1. The number of nitrogens with zero attached hydrogens (tertiary/aromatic N) is 3. The number of hydrogen-bond donors (Lipinski definition) is 3. The number of amides is 3. The molecule has 0 unspecified atom stereocenters. The Morgan fingerprint density at radius 2 is 2.06 bits per heavy atom. The van der Waals surface area contributed by atoms with Crippen molar-refractivity contribution in [2.45, 2.75) is 46.3 Å². The molecular weight excluding hydrogens is 438 g/mol. The second-order valence-corrected chi connectivity index (χ2v) is 9.25. The highest BCUT2D eigenvalue weighted by Gasteiger charge is 2.30. The number of aryl methyl sites for hydroxylation is 2. The van der Waals surface area contributed by atoms with Gasteiger partial charge in [-0.1, -0.05) is 12.1 Å². The summed E-state index contributed by atoms with van der Waals surface area (Å²) in [5.41, 5.74) is 2.30. The molecule has 186 valence electrons. The SMILES string of the molecule is Cc1noc(C)c1NC(=O)Nc1ccc2c(c1)CC(=O)N([C@@H](C)CO)C[C@@H](C)[C@H](CN(C)C)O2. The van der Waals surface area contributed by atoms with Gasteiger partial charge in [-0.05, 0) is 53.1 Å². The number of aliphatic hydroxyl groups is 1. The van der Waals surface area contributed by atoms with Gasteiger partial charge in [-0.25, -0.2) is 4.79 Å². The van der Waals surface area contributed by atoms with E-state index in [0.29, 0.717) is 47.2 Å². The van der Waals surface area contributed by atoms with Crippen molar-refractivity contribution in [3.8, 4) is 5.75 Å². The van der Waals surface area contributed by atoms with Gasteiger partial charge in [0.15, 0.2) is 5.76 Å². The number of urea groups is 1. The van der Waals surface area contributed by atoms with E-state index in [4.69, 9.17) is 9.26 Å². The first kappa shape index (κ1) is 25.5. The lowest BCUT2D eigenvalue weighted by Crippen LogP contribution is -2.47. The number of aliphatic hydroxyl groups excluding tert-OH is 1. The van der Waals surface area contributed by atoms with E-state index in [2.05, 4.69) is 27.6 Å². The Morgan fingerprint density at radius 3 is 2.68 bits per heavy atom. The predicted octanol–water partition coefficient (Wildman–Crippen LogP) is 2.65. The Balaban J connectivity index is 1.87. The van der Waals surface area contributed by atoms with Crippen molar-refractivity contribution in [1.82, 2.24) is 15.0 Å². The smallest absolute Gasteiger partial charge is 0.323 e. The van der Waals surface area contributed by atoms with Crippen LogP contribution in [-0.2, 0) is 11.2 Å². The minimum absolute atomic E-state index is 0.0462. The number of carbonyl (C=O) groups excluding carboxylic acids is 2. The minimum atomic E-state index is -0.445. The van der Waals surface area contributed by atoms with Crippen molar-refractivity contribution >= 4 is 23.3 Å². The van der Waals surface area contributed by atoms with E-state index < -0.39 is 6.03 Å². The van der Waals surface area contributed by atoms with Gasteiger partial charge in [0.05, 0.1) is 19.1 Å². The number of hydrogen-bond acceptors (Lipinski definition) is 7. The van der Waals surface area contributed by atoms with Gasteiger partial charge in [-0.15, -0.1) is 0 Å². The molecule has 2 heterocycles. The lowest BCUT2D eigenvalue weighted by atomic mass is 10.0. The molecule has 3 atom stereocenters. The molecule has 1 aliphatic heterocycles. The maximum atomic E-state index is 13.2. The maximum Gasteiger partial charge on any atom is 0.323 e. The van der Waals surface area contributed by atoms with Crippen LogP contribution in [0.4, 0.5) is 16.2 Å². The first-order chi connectivity index (χ1) is 16.1. The maximum absolute atomic E-state index is 13.2. The normalized spacial score (nSPS) is 19.5. The molecule has 0 saturated heterocycles. The monoisotopic (exact) mass is 473 g/mol. The van der Waals surface area contributed by atoms with Gasteiger partial charge in [0.25, 0.3) is 0 Å². The van der Waals surface area contributed by atoms with E-state index in [1.54, 1.807) is 36.9 Å². The van der Waals surface area contributed by atoms with Crippen LogP contribution in [0.25, 0.3) is 0 Å². The zero-order valence-electron chi connectivity index (χ0n) is 20.7. The molecule has 10 nitrogen and oxygen atoms in total. The summed E-state index contributed by atoms with van der Waals surface area (Å²) in [4.78, 5) is 29.5. The first-order valence-corrected chi connectivity index (χ1v) is 11.4. The number of ether oxygens (including phenoxy) is 1. The lowest BCUT2D eigenvalue weighted by molar-refractivity contribution is -0.134. The zero-order chi connectivity index (χ0) is 25.0. The number of carbonyl (C=O) groups is 2. The van der Waals surface area contributed by atoms with Crippen molar-refractivity contribution in [1.29, 1.82) is 0 Å². The number of nitrogens with one attached hydrogen (secondary N) is 2. The lowest BCUT2D eigenvalue weighted by Gasteiger charge is -2.33. The highest BCUT2D eigenvalue weighted by Crippen LogP contribution is 2.29. The molecule has 1 aromatic heterocycles. The van der Waals surface area contributed by atoms with Crippen molar-refractivity contribution in [2.75, 3.05) is 44.4 Å². The summed E-state index contributed by atoms with van der Waals surface area (Å²) in [7, 11) is 3.96. The standard InChI is InChI=1S/C24H35N5O5/c1-14-11-29(15(2)13-30)22(31)10-18-9-19(7-8-20(18)33-21(14)12-28(5)6)25-24(32)26-23-16(3)27-34-17(23)4/h7-9,14-15,21,30H,10-13H2,1-6H3,(H2,25,26,32)/t14-,15+,21+/m1/s1. The molecule has 3 rings (SSSR count). The van der Waals surface area contributed by atoms with Crippen LogP contribution in [-0.4, -0.2) is 77.9 Å². The topological polar surface area (TPSA) is 120 Å². The van der Waals surface area contributed by atoms with E-state index in [9.17, 15) is 14.7 Å². The van der Waals surface area contributed by atoms with E-state index in [1.165, 1.54) is 0 Å². The molecule has 0 bridgehead atoms. The number of benzene rings is 1. The predicted molar refractivity (Wildman–Crippen MR) is 129 cm³/mol. The molecule has 0 aliphatic carbocycles. The first-order valence-electron chi connectivity index (χ1n) is 11.4. The summed E-state index contributed by atoms with van der Waals surface area (Å²) in [6.07, 6.45) is -0.0584. The van der Waals surface area contributed by atoms with Crippen LogP contribution >= 0.6 is 0 Å². The Kier molecular flexibility index (Phi) is 8.16. The number of rotatable bonds is 6. The Labute approximate surface area is 200 Å². The average Bonchev–Trinajstić information content (AvgIpc) is 3.10. The van der Waals surface area contributed by atoms with Gasteiger partial charge >= 0.3 is 6.03 Å². The van der Waals surface area contributed by atoms with Crippen molar-refractivity contribution in [3.05, 3.63) is 35.2 Å². The molecular formula is C24H35N5O5. The third kappa shape index (κ3) is 6.06. The van der Waals surface area contributed by atoms with Crippen LogP contribution in [0.15, 0.2) is 22.7 Å². The quantitative estimate of drug-likeness (QED) is 0.590. The molecule has 1 aliphatic rings. The molecule has 0 fully saturated rings. The zero-order valence-corrected chi connectivity index (χ0v) is 20.7. The third-order valence-corrected chi connectivity index (χ3v) is 5.99. The fourth-order valence-electron chi connectivity index (χ4n) is 4.02. The highest BCUT2D eigenvalue weighted by molar-refractivity contribution is 6.00. The summed E-state index contributed by atoms with van der Waals surface area (Å²) < 4.78 is 11.5. The van der Waals surface area contributed by atoms with E-state index in [1.807, 2.05) is 21.0 Å². The summed E-state index contributed by atoms with van der Waals surface area (Å²) in [6.45, 7) is 8.40. The molecule has 0 saturated carbocycles. The van der Waals surface area contributed by atoms with Crippen LogP contribution in [0.2, 0.25) is 0 Å². The van der Waals surface area contributed by atoms with Crippen molar-refractivity contribution < 1.29 is 24.0 Å². The number of fused-ring (bicyclic) bond motifs is 1. The van der Waals surface area contributed by atoms with Crippen LogP contribution in [0.1, 0.15) is 30.9 Å². The Hall–Kier alpha value is -3.11. The fraction of sp³-hybridized carbons (Fsp3) is 0.542. The minimum Gasteiger partial charge on any atom is -0.488 e. The molecule has 0 radical (unpaired) electrons. The number of anilines is 2. The second kappa shape index (κ2) is 10.9. The molecule has 3 N–H and O–H groups in total. The molecule has 2 aromatic rings. The summed E-state index contributed by atoms with van der Waals surface area (Å²) >= 11 is 0. The van der Waals surface area contributed by atoms with Gasteiger partial charge in [-0.2, -0.15) is 0 Å². The molecule has 1 aromatic carbocycles. The molecule has 3 amide bonds. The van der Waals surface area contributed by atoms with Gasteiger partial charge in [0.1, 0.15) is 23.2 Å². The largest absolute Gasteiger partial charge is 0.488 e. The highest BCUT2D eigenvalue weighted by atomic mass is 16.5. The van der Waals surface area contributed by atoms with Gasteiger partial charge < -0.3 is 34.8 Å². The fourth-order valence-corrected chi connectivity index (χ4v) is 4.02. The molecule has 10 heteroatoms. The summed E-state index contributed by atoms with van der Waals surface area (Å²) in [5.74, 6) is 1.08. The molecule has 34 heavy (non-hydrogen) atoms. The Bertz CT molecular complexity index is 1000. The van der Waals surface area contributed by atoms with Gasteiger partial charge in [-0.3, -0.25) is 4.79 Å². The Morgan fingerprint density at radius 1 is 1.32 bits per heavy atom. The average molecular weight is 474 g/mol. The van der Waals surface area contributed by atoms with Crippen LogP contribution < -0.4 is 15.4 Å².